The van der Waals surface area contributed by atoms with Crippen molar-refractivity contribution in [2.75, 3.05) is 56.0 Å². The molecule has 0 atom stereocenters. The highest BCUT2D eigenvalue weighted by atomic mass is 35.5. The number of carbonyl (C=O) groups is 1. The molecule has 0 bridgehead atoms. The van der Waals surface area contributed by atoms with Gasteiger partial charge in [0.15, 0.2) is 0 Å². The van der Waals surface area contributed by atoms with Crippen LogP contribution >= 0.6 is 23.5 Å². The number of allylic oxidation sites excluding steroid dienone is 1. The number of carbonyl (C=O) groups excluding carboxylic acids is 1. The second-order valence-electron chi connectivity index (χ2n) is 16.5. The van der Waals surface area contributed by atoms with Gasteiger partial charge >= 0.3 is 0 Å². The van der Waals surface area contributed by atoms with Gasteiger partial charge in [0.1, 0.15) is 22.8 Å². The number of hydrogen-bond acceptors (Lipinski definition) is 10. The minimum atomic E-state index is -0.400. The summed E-state index contributed by atoms with van der Waals surface area (Å²) in [7, 11) is 0. The van der Waals surface area contributed by atoms with Gasteiger partial charge in [-0.2, -0.15) is 0 Å². The zero-order valence-electron chi connectivity index (χ0n) is 33.6. The van der Waals surface area contributed by atoms with Gasteiger partial charge in [-0.25, -0.2) is 4.98 Å². The number of piperazine rings is 1. The molecule has 308 valence electrons. The van der Waals surface area contributed by atoms with Gasteiger partial charge in [-0.3, -0.25) is 24.5 Å². The van der Waals surface area contributed by atoms with E-state index in [0.29, 0.717) is 40.2 Å². The van der Waals surface area contributed by atoms with Crippen molar-refractivity contribution in [3.63, 3.8) is 0 Å². The van der Waals surface area contributed by atoms with Crippen LogP contribution in [0.4, 0.5) is 17.1 Å². The normalized spacial score (nSPS) is 17.0. The number of aromatic nitrogens is 2. The molecule has 14 heteroatoms. The van der Waals surface area contributed by atoms with Crippen LogP contribution in [0.2, 0.25) is 5.02 Å². The SMILES string of the molecule is CC1(C)CCC(CN2CCN(c3ccc(C(=O)NSc4ccc(NCCCNC5CC5)c([N+](=O)[O-])c4)c(Oc4cnc5[nH]ccc5c4)c3)CC2)=C(c2ccc(Cl)cc2)C1. The second-order valence-corrected chi connectivity index (χ2v) is 17.9. The molecule has 1 saturated heterocycles. The molecule has 8 rings (SSSR count). The highest BCUT2D eigenvalue weighted by Crippen LogP contribution is 2.43. The van der Waals surface area contributed by atoms with Crippen molar-refractivity contribution in [3.8, 4) is 11.5 Å². The molecule has 0 unspecified atom stereocenters. The minimum Gasteiger partial charge on any atom is -0.455 e. The number of anilines is 2. The smallest absolute Gasteiger partial charge is 0.293 e. The molecule has 2 fully saturated rings. The van der Waals surface area contributed by atoms with Crippen LogP contribution in [-0.2, 0) is 0 Å². The highest BCUT2D eigenvalue weighted by molar-refractivity contribution is 7.98. The number of benzene rings is 3. The molecule has 1 amide bonds. The lowest BCUT2D eigenvalue weighted by atomic mass is 9.72. The zero-order valence-corrected chi connectivity index (χ0v) is 35.1. The first-order valence-corrected chi connectivity index (χ1v) is 21.7. The third-order valence-corrected chi connectivity index (χ3v) is 12.5. The minimum absolute atomic E-state index is 0.0399. The quantitative estimate of drug-likeness (QED) is 0.0329. The van der Waals surface area contributed by atoms with E-state index in [1.807, 2.05) is 42.6 Å². The predicted molar refractivity (Wildman–Crippen MR) is 238 cm³/mol. The van der Waals surface area contributed by atoms with E-state index in [2.05, 4.69) is 61.1 Å². The number of nitrogens with one attached hydrogen (secondary N) is 4. The van der Waals surface area contributed by atoms with Gasteiger partial charge in [-0.15, -0.1) is 0 Å². The van der Waals surface area contributed by atoms with Crippen molar-refractivity contribution < 1.29 is 14.5 Å². The Morgan fingerprint density at radius 2 is 1.85 bits per heavy atom. The molecular formula is C45H51ClN8O4S. The molecule has 3 aromatic carbocycles. The Morgan fingerprint density at radius 3 is 2.63 bits per heavy atom. The lowest BCUT2D eigenvalue weighted by Gasteiger charge is -2.39. The van der Waals surface area contributed by atoms with E-state index in [1.165, 1.54) is 42.0 Å². The number of nitro groups is 1. The molecule has 59 heavy (non-hydrogen) atoms. The predicted octanol–water partition coefficient (Wildman–Crippen LogP) is 9.69. The van der Waals surface area contributed by atoms with Crippen LogP contribution in [0, 0.1) is 15.5 Å². The number of hydrogen-bond donors (Lipinski definition) is 4. The Balaban J connectivity index is 0.953. The second kappa shape index (κ2) is 18.0. The Hall–Kier alpha value is -5.08. The first-order valence-electron chi connectivity index (χ1n) is 20.5. The van der Waals surface area contributed by atoms with Crippen molar-refractivity contribution in [2.45, 2.75) is 63.3 Å². The van der Waals surface area contributed by atoms with Crippen molar-refractivity contribution in [2.24, 2.45) is 5.41 Å². The largest absolute Gasteiger partial charge is 0.455 e. The molecule has 3 heterocycles. The summed E-state index contributed by atoms with van der Waals surface area (Å²) >= 11 is 7.28. The summed E-state index contributed by atoms with van der Waals surface area (Å²) in [6.45, 7) is 10.6. The van der Waals surface area contributed by atoms with Crippen LogP contribution in [0.15, 0.2) is 95.7 Å². The summed E-state index contributed by atoms with van der Waals surface area (Å²) in [6.07, 6.45) is 10.1. The first kappa shape index (κ1) is 40.7. The fourth-order valence-corrected chi connectivity index (χ4v) is 8.67. The van der Waals surface area contributed by atoms with Gasteiger partial charge in [-0.05, 0) is 122 Å². The molecular weight excluding hydrogens is 784 g/mol. The van der Waals surface area contributed by atoms with E-state index >= 15 is 0 Å². The van der Waals surface area contributed by atoms with Crippen LogP contribution in [0.3, 0.4) is 0 Å². The van der Waals surface area contributed by atoms with Crippen LogP contribution in [0.25, 0.3) is 16.6 Å². The van der Waals surface area contributed by atoms with Gasteiger partial charge in [0.05, 0.1) is 16.7 Å². The number of pyridine rings is 1. The van der Waals surface area contributed by atoms with E-state index in [9.17, 15) is 14.9 Å². The first-order chi connectivity index (χ1) is 28.6. The van der Waals surface area contributed by atoms with E-state index in [4.69, 9.17) is 16.3 Å². The monoisotopic (exact) mass is 834 g/mol. The molecule has 3 aliphatic rings. The molecule has 0 radical (unpaired) electrons. The maximum atomic E-state index is 13.8. The van der Waals surface area contributed by atoms with Gasteiger partial charge in [0.25, 0.3) is 11.6 Å². The van der Waals surface area contributed by atoms with Crippen molar-refractivity contribution in [1.82, 2.24) is 24.9 Å². The van der Waals surface area contributed by atoms with E-state index < -0.39 is 4.92 Å². The number of halogens is 1. The fraction of sp³-hybridized carbons (Fsp3) is 0.378. The molecule has 5 aromatic rings. The van der Waals surface area contributed by atoms with E-state index in [-0.39, 0.29) is 17.0 Å². The summed E-state index contributed by atoms with van der Waals surface area (Å²) in [6, 6.07) is 23.3. The average Bonchev–Trinajstić information content (AvgIpc) is 3.94. The number of rotatable bonds is 16. The molecule has 0 spiro atoms. The van der Waals surface area contributed by atoms with Crippen molar-refractivity contribution in [3.05, 3.63) is 117 Å². The Labute approximate surface area is 354 Å². The Kier molecular flexibility index (Phi) is 12.4. The number of amides is 1. The molecule has 1 aliphatic heterocycles. The van der Waals surface area contributed by atoms with Gasteiger partial charge in [0, 0.05) is 84.6 Å². The number of fused-ring (bicyclic) bond motifs is 1. The molecule has 1 saturated carbocycles. The van der Waals surface area contributed by atoms with E-state index in [1.54, 1.807) is 24.4 Å². The molecule has 12 nitrogen and oxygen atoms in total. The molecule has 2 aromatic heterocycles. The summed E-state index contributed by atoms with van der Waals surface area (Å²) in [5.41, 5.74) is 6.96. The number of aromatic amines is 1. The van der Waals surface area contributed by atoms with Gasteiger partial charge in [0.2, 0.25) is 0 Å². The van der Waals surface area contributed by atoms with Crippen LogP contribution in [0.1, 0.15) is 68.3 Å². The van der Waals surface area contributed by atoms with Gasteiger partial charge in [-0.1, -0.05) is 43.2 Å². The Bertz CT molecular complexity index is 2340. The lowest BCUT2D eigenvalue weighted by Crippen LogP contribution is -2.47. The third kappa shape index (κ3) is 10.4. The zero-order chi connectivity index (χ0) is 40.9. The standard InChI is InChI=1S/C45H51ClN8O4S/c1-45(2)16-14-32(39(27-45)30-4-6-33(46)7-5-30)29-52-20-22-53(23-21-52)35-10-12-38(42(25-35)58-36-24-31-15-19-49-43(31)50-28-36)44(55)51-59-37-11-13-40(41(26-37)54(56)57)48-18-3-17-47-34-8-9-34/h4-7,10-13,15,19,24-26,28,34,47-48H,3,8-9,14,16-18,20-23,27,29H2,1-2H3,(H,49,50)(H,51,55). The average molecular weight is 835 g/mol. The van der Waals surface area contributed by atoms with Crippen LogP contribution < -0.4 is 25.0 Å². The van der Waals surface area contributed by atoms with Gasteiger partial charge < -0.3 is 25.3 Å². The summed E-state index contributed by atoms with van der Waals surface area (Å²) in [5, 5.41) is 20.3. The summed E-state index contributed by atoms with van der Waals surface area (Å²) in [4.78, 5) is 38.4. The number of nitro benzene ring substituents is 1. The maximum absolute atomic E-state index is 13.8. The number of ether oxygens (including phenoxy) is 1. The summed E-state index contributed by atoms with van der Waals surface area (Å²) < 4.78 is 9.32. The lowest BCUT2D eigenvalue weighted by molar-refractivity contribution is -0.384. The molecule has 4 N–H and O–H groups in total. The van der Waals surface area contributed by atoms with E-state index in [0.717, 1.165) is 92.2 Å². The maximum Gasteiger partial charge on any atom is 0.293 e. The number of nitrogens with zero attached hydrogens (tertiary/aromatic N) is 4. The van der Waals surface area contributed by atoms with Crippen molar-refractivity contribution in [1.29, 1.82) is 0 Å². The van der Waals surface area contributed by atoms with Crippen LogP contribution in [-0.4, -0.2) is 77.6 Å². The number of H-pyrrole nitrogens is 1. The Morgan fingerprint density at radius 1 is 1.03 bits per heavy atom. The fourth-order valence-electron chi connectivity index (χ4n) is 7.92. The molecule has 2 aliphatic carbocycles. The van der Waals surface area contributed by atoms with Crippen LogP contribution in [0.5, 0.6) is 11.5 Å². The highest BCUT2D eigenvalue weighted by Gasteiger charge is 2.30. The summed E-state index contributed by atoms with van der Waals surface area (Å²) in [5.74, 6) is 0.512. The van der Waals surface area contributed by atoms with Crippen molar-refractivity contribution >= 4 is 63.1 Å². The third-order valence-electron chi connectivity index (χ3n) is 11.4. The topological polar surface area (TPSA) is 141 Å².